The molecule has 0 radical (unpaired) electrons. The quantitative estimate of drug-likeness (QED) is 0.695. The molecule has 0 bridgehead atoms. The van der Waals surface area contributed by atoms with Gasteiger partial charge in [0.05, 0.1) is 18.9 Å². The van der Waals surface area contributed by atoms with Gasteiger partial charge in [0.2, 0.25) is 0 Å². The van der Waals surface area contributed by atoms with Gasteiger partial charge in [-0.3, -0.25) is 9.78 Å². The number of amides is 1. The van der Waals surface area contributed by atoms with Crippen LogP contribution in [-0.2, 0) is 0 Å². The number of carbonyl (C=O) groups excluding carboxylic acids is 1. The maximum absolute atomic E-state index is 12.0. The number of rotatable bonds is 4. The monoisotopic (exact) mass is 289 g/mol. The Hall–Kier alpha value is -2.40. The van der Waals surface area contributed by atoms with Gasteiger partial charge in [0.25, 0.3) is 5.91 Å². The lowest BCUT2D eigenvalue weighted by Crippen LogP contribution is -2.18. The molecule has 1 amide bonds. The fourth-order valence-electron chi connectivity index (χ4n) is 1.54. The lowest BCUT2D eigenvalue weighted by molar-refractivity contribution is 0.0952. The molecule has 0 fully saturated rings. The van der Waals surface area contributed by atoms with E-state index in [4.69, 9.17) is 16.3 Å². The molecular weight excluding hydrogens is 278 g/mol. The Labute approximate surface area is 121 Å². The first kappa shape index (κ1) is 14.0. The summed E-state index contributed by atoms with van der Waals surface area (Å²) in [4.78, 5) is 15.9. The molecule has 0 unspecified atom stereocenters. The van der Waals surface area contributed by atoms with Gasteiger partial charge in [-0.05, 0) is 24.3 Å². The molecule has 0 saturated carbocycles. The van der Waals surface area contributed by atoms with Crippen LogP contribution in [0.15, 0.2) is 47.8 Å². The van der Waals surface area contributed by atoms with E-state index in [1.165, 1.54) is 19.4 Å². The SMILES string of the molecule is COc1ccc(Cl)cc1C(=O)NN=Cc1cccnc1. The minimum absolute atomic E-state index is 0.323. The molecule has 1 aromatic heterocycles. The number of methoxy groups -OCH3 is 1. The predicted molar refractivity (Wildman–Crippen MR) is 77.3 cm³/mol. The maximum atomic E-state index is 12.0. The van der Waals surface area contributed by atoms with Crippen LogP contribution in [0.2, 0.25) is 5.02 Å². The number of ether oxygens (including phenoxy) is 1. The number of hydrogen-bond acceptors (Lipinski definition) is 4. The minimum Gasteiger partial charge on any atom is -0.496 e. The molecule has 2 aromatic rings. The summed E-state index contributed by atoms with van der Waals surface area (Å²) in [5, 5.41) is 4.31. The van der Waals surface area contributed by atoms with Crippen LogP contribution in [0.25, 0.3) is 0 Å². The number of nitrogens with zero attached hydrogens (tertiary/aromatic N) is 2. The van der Waals surface area contributed by atoms with Gasteiger partial charge in [0.1, 0.15) is 5.75 Å². The van der Waals surface area contributed by atoms with E-state index in [2.05, 4.69) is 15.5 Å². The summed E-state index contributed by atoms with van der Waals surface area (Å²) in [5.74, 6) is 0.0352. The highest BCUT2D eigenvalue weighted by Crippen LogP contribution is 2.22. The summed E-state index contributed by atoms with van der Waals surface area (Å²) in [6.45, 7) is 0. The van der Waals surface area contributed by atoms with E-state index >= 15 is 0 Å². The molecule has 2 rings (SSSR count). The van der Waals surface area contributed by atoms with Gasteiger partial charge in [-0.2, -0.15) is 5.10 Å². The summed E-state index contributed by atoms with van der Waals surface area (Å²) < 4.78 is 5.10. The van der Waals surface area contributed by atoms with E-state index in [0.29, 0.717) is 16.3 Å². The van der Waals surface area contributed by atoms with Crippen molar-refractivity contribution in [2.75, 3.05) is 7.11 Å². The van der Waals surface area contributed by atoms with Crippen molar-refractivity contribution in [3.63, 3.8) is 0 Å². The van der Waals surface area contributed by atoms with Crippen molar-refractivity contribution < 1.29 is 9.53 Å². The number of pyridine rings is 1. The molecule has 1 N–H and O–H groups in total. The molecule has 1 aromatic carbocycles. The fourth-order valence-corrected chi connectivity index (χ4v) is 1.71. The van der Waals surface area contributed by atoms with Crippen LogP contribution in [0.1, 0.15) is 15.9 Å². The first-order valence-electron chi connectivity index (χ1n) is 5.77. The average molecular weight is 290 g/mol. The fraction of sp³-hybridized carbons (Fsp3) is 0.0714. The van der Waals surface area contributed by atoms with Crippen molar-refractivity contribution in [1.29, 1.82) is 0 Å². The number of hydrazone groups is 1. The maximum Gasteiger partial charge on any atom is 0.275 e. The lowest BCUT2D eigenvalue weighted by Gasteiger charge is -2.07. The third-order valence-corrected chi connectivity index (χ3v) is 2.71. The van der Waals surface area contributed by atoms with Crippen LogP contribution in [-0.4, -0.2) is 24.2 Å². The molecule has 0 atom stereocenters. The van der Waals surface area contributed by atoms with Gasteiger partial charge in [-0.1, -0.05) is 17.7 Å². The molecule has 0 spiro atoms. The first-order chi connectivity index (χ1) is 9.70. The third-order valence-electron chi connectivity index (χ3n) is 2.47. The highest BCUT2D eigenvalue weighted by Gasteiger charge is 2.11. The van der Waals surface area contributed by atoms with Crippen LogP contribution in [0.3, 0.4) is 0 Å². The molecular formula is C14H12ClN3O2. The number of benzene rings is 1. The molecule has 1 heterocycles. The summed E-state index contributed by atoms with van der Waals surface area (Å²) >= 11 is 5.87. The van der Waals surface area contributed by atoms with E-state index in [0.717, 1.165) is 5.56 Å². The van der Waals surface area contributed by atoms with Gasteiger partial charge in [-0.15, -0.1) is 0 Å². The van der Waals surface area contributed by atoms with Gasteiger partial charge in [-0.25, -0.2) is 5.43 Å². The second-order valence-electron chi connectivity index (χ2n) is 3.83. The van der Waals surface area contributed by atoms with E-state index in [9.17, 15) is 4.79 Å². The smallest absolute Gasteiger partial charge is 0.275 e. The zero-order chi connectivity index (χ0) is 14.4. The molecule has 6 heteroatoms. The van der Waals surface area contributed by atoms with Crippen molar-refractivity contribution in [3.8, 4) is 5.75 Å². The van der Waals surface area contributed by atoms with Crippen LogP contribution in [0.4, 0.5) is 0 Å². The first-order valence-corrected chi connectivity index (χ1v) is 6.15. The van der Waals surface area contributed by atoms with Gasteiger partial charge < -0.3 is 4.74 Å². The van der Waals surface area contributed by atoms with E-state index in [1.807, 2.05) is 6.07 Å². The second kappa shape index (κ2) is 6.68. The Bertz CT molecular complexity index is 630. The average Bonchev–Trinajstić information content (AvgIpc) is 2.48. The molecule has 0 aliphatic carbocycles. The largest absolute Gasteiger partial charge is 0.496 e. The van der Waals surface area contributed by atoms with E-state index in [1.54, 1.807) is 30.6 Å². The Balaban J connectivity index is 2.09. The molecule has 0 aliphatic rings. The molecule has 0 aliphatic heterocycles. The zero-order valence-electron chi connectivity index (χ0n) is 10.7. The van der Waals surface area contributed by atoms with Gasteiger partial charge in [0, 0.05) is 23.0 Å². The Kier molecular flexibility index (Phi) is 4.68. The second-order valence-corrected chi connectivity index (χ2v) is 4.27. The highest BCUT2D eigenvalue weighted by molar-refractivity contribution is 6.31. The van der Waals surface area contributed by atoms with Crippen LogP contribution in [0, 0.1) is 0 Å². The van der Waals surface area contributed by atoms with Gasteiger partial charge >= 0.3 is 0 Å². The third kappa shape index (κ3) is 3.55. The predicted octanol–water partition coefficient (Wildman–Crippen LogP) is 2.51. The number of nitrogens with one attached hydrogen (secondary N) is 1. The van der Waals surface area contributed by atoms with Crippen molar-refractivity contribution in [2.24, 2.45) is 5.10 Å². The highest BCUT2D eigenvalue weighted by atomic mass is 35.5. The van der Waals surface area contributed by atoms with Crippen LogP contribution < -0.4 is 10.2 Å². The molecule has 5 nitrogen and oxygen atoms in total. The number of aromatic nitrogens is 1. The topological polar surface area (TPSA) is 63.6 Å². The zero-order valence-corrected chi connectivity index (χ0v) is 11.5. The van der Waals surface area contributed by atoms with Crippen molar-refractivity contribution in [3.05, 3.63) is 58.9 Å². The normalized spacial score (nSPS) is 10.5. The van der Waals surface area contributed by atoms with E-state index < -0.39 is 5.91 Å². The standard InChI is InChI=1S/C14H12ClN3O2/c1-20-13-5-4-11(15)7-12(13)14(19)18-17-9-10-3-2-6-16-8-10/h2-9H,1H3,(H,18,19). The van der Waals surface area contributed by atoms with E-state index in [-0.39, 0.29) is 0 Å². The number of hydrogen-bond donors (Lipinski definition) is 1. The Morgan fingerprint density at radius 3 is 3.00 bits per heavy atom. The summed E-state index contributed by atoms with van der Waals surface area (Å²) in [6, 6.07) is 8.40. The summed E-state index contributed by atoms with van der Waals surface area (Å²) in [6.07, 6.45) is 4.80. The van der Waals surface area contributed by atoms with Crippen molar-refractivity contribution >= 4 is 23.7 Å². The van der Waals surface area contributed by atoms with Crippen LogP contribution >= 0.6 is 11.6 Å². The van der Waals surface area contributed by atoms with Crippen molar-refractivity contribution in [1.82, 2.24) is 10.4 Å². The lowest BCUT2D eigenvalue weighted by atomic mass is 10.2. The molecule has 0 saturated heterocycles. The molecule has 20 heavy (non-hydrogen) atoms. The summed E-state index contributed by atoms with van der Waals surface area (Å²) in [5.41, 5.74) is 3.52. The summed E-state index contributed by atoms with van der Waals surface area (Å²) in [7, 11) is 1.49. The Morgan fingerprint density at radius 2 is 2.30 bits per heavy atom. The Morgan fingerprint density at radius 1 is 1.45 bits per heavy atom. The van der Waals surface area contributed by atoms with Gasteiger partial charge in [0.15, 0.2) is 0 Å². The molecule has 102 valence electrons. The van der Waals surface area contributed by atoms with Crippen molar-refractivity contribution in [2.45, 2.75) is 0 Å². The number of halogens is 1. The van der Waals surface area contributed by atoms with Crippen LogP contribution in [0.5, 0.6) is 5.75 Å². The minimum atomic E-state index is -0.399. The number of carbonyl (C=O) groups is 1.